The van der Waals surface area contributed by atoms with Crippen molar-refractivity contribution in [3.05, 3.63) is 53.1 Å². The van der Waals surface area contributed by atoms with Gasteiger partial charge in [-0.05, 0) is 60.5 Å². The quantitative estimate of drug-likeness (QED) is 0.695. The molecular weight excluding hydrogens is 366 g/mol. The molecule has 3 aromatic rings. The number of nitrogens with one attached hydrogen (secondary N) is 1. The van der Waals surface area contributed by atoms with Crippen molar-refractivity contribution < 1.29 is 9.53 Å². The molecule has 1 atom stereocenters. The number of amides is 1. The second-order valence-electron chi connectivity index (χ2n) is 6.06. The fourth-order valence-corrected chi connectivity index (χ4v) is 2.79. The van der Waals surface area contributed by atoms with Crippen LogP contribution < -0.4 is 10.1 Å². The maximum absolute atomic E-state index is 12.8. The molecule has 0 aliphatic rings. The fourth-order valence-electron chi connectivity index (χ4n) is 2.66. The highest BCUT2D eigenvalue weighted by atomic mass is 35.5. The van der Waals surface area contributed by atoms with Gasteiger partial charge in [0.05, 0.1) is 12.8 Å². The molecular formula is C19H20ClN5O2. The summed E-state index contributed by atoms with van der Waals surface area (Å²) < 4.78 is 5.32. The van der Waals surface area contributed by atoms with Crippen LogP contribution in [0.4, 0.5) is 5.69 Å². The van der Waals surface area contributed by atoms with Crippen molar-refractivity contribution in [3.8, 4) is 17.1 Å². The number of hydrogen-bond acceptors (Lipinski definition) is 5. The first-order chi connectivity index (χ1) is 13.0. The molecule has 8 heteroatoms. The molecule has 0 fully saturated rings. The molecule has 27 heavy (non-hydrogen) atoms. The van der Waals surface area contributed by atoms with Gasteiger partial charge in [-0.3, -0.25) is 4.79 Å². The van der Waals surface area contributed by atoms with E-state index in [0.717, 1.165) is 11.1 Å². The monoisotopic (exact) mass is 385 g/mol. The SMILES string of the molecule is CCC(C(=O)Nc1cc(C)ccc1OC)n1nnc(-c2ccc(Cl)cc2)n1. The van der Waals surface area contributed by atoms with Crippen LogP contribution in [0.15, 0.2) is 42.5 Å². The first kappa shape index (κ1) is 18.8. The van der Waals surface area contributed by atoms with Gasteiger partial charge in [0.15, 0.2) is 6.04 Å². The second-order valence-corrected chi connectivity index (χ2v) is 6.49. The standard InChI is InChI=1S/C19H20ClN5O2/c1-4-16(19(26)21-15-11-12(2)5-10-17(15)27-3)25-23-18(22-24-25)13-6-8-14(20)9-7-13/h5-11,16H,4H2,1-3H3,(H,21,26). The Morgan fingerprint density at radius 3 is 2.67 bits per heavy atom. The van der Waals surface area contributed by atoms with Gasteiger partial charge in [0, 0.05) is 10.6 Å². The van der Waals surface area contributed by atoms with Gasteiger partial charge in [0.25, 0.3) is 5.91 Å². The molecule has 2 aromatic carbocycles. The Bertz CT molecular complexity index is 940. The lowest BCUT2D eigenvalue weighted by Gasteiger charge is -2.15. The molecule has 0 aliphatic carbocycles. The van der Waals surface area contributed by atoms with Crippen LogP contribution in [0.5, 0.6) is 5.75 Å². The minimum atomic E-state index is -0.594. The molecule has 140 valence electrons. The number of halogens is 1. The number of hydrogen-bond donors (Lipinski definition) is 1. The van der Waals surface area contributed by atoms with E-state index < -0.39 is 6.04 Å². The highest BCUT2D eigenvalue weighted by Crippen LogP contribution is 2.26. The van der Waals surface area contributed by atoms with Crippen LogP contribution in [0, 0.1) is 6.92 Å². The number of rotatable bonds is 6. The van der Waals surface area contributed by atoms with Gasteiger partial charge in [-0.25, -0.2) is 0 Å². The highest BCUT2D eigenvalue weighted by Gasteiger charge is 2.23. The second kappa shape index (κ2) is 8.18. The predicted octanol–water partition coefficient (Wildman–Crippen LogP) is 3.90. The van der Waals surface area contributed by atoms with Crippen molar-refractivity contribution in [2.75, 3.05) is 12.4 Å². The number of methoxy groups -OCH3 is 1. The average molecular weight is 386 g/mol. The van der Waals surface area contributed by atoms with Crippen LogP contribution in [0.25, 0.3) is 11.4 Å². The summed E-state index contributed by atoms with van der Waals surface area (Å²) in [4.78, 5) is 14.1. The molecule has 0 aliphatic heterocycles. The Kier molecular flexibility index (Phi) is 5.71. The van der Waals surface area contributed by atoms with Gasteiger partial charge in [0.1, 0.15) is 5.75 Å². The zero-order chi connectivity index (χ0) is 19.4. The number of ether oxygens (including phenoxy) is 1. The number of anilines is 1. The first-order valence-electron chi connectivity index (χ1n) is 8.52. The van der Waals surface area contributed by atoms with Crippen molar-refractivity contribution >= 4 is 23.2 Å². The van der Waals surface area contributed by atoms with Gasteiger partial charge in [0.2, 0.25) is 5.82 Å². The van der Waals surface area contributed by atoms with Gasteiger partial charge >= 0.3 is 0 Å². The maximum atomic E-state index is 12.8. The number of tetrazole rings is 1. The summed E-state index contributed by atoms with van der Waals surface area (Å²) in [5.74, 6) is 0.796. The third-order valence-corrected chi connectivity index (χ3v) is 4.36. The summed E-state index contributed by atoms with van der Waals surface area (Å²) in [6, 6.07) is 12.1. The topological polar surface area (TPSA) is 81.9 Å². The van der Waals surface area contributed by atoms with Gasteiger partial charge < -0.3 is 10.1 Å². The van der Waals surface area contributed by atoms with E-state index in [1.165, 1.54) is 4.80 Å². The summed E-state index contributed by atoms with van der Waals surface area (Å²) in [7, 11) is 1.56. The molecule has 1 aromatic heterocycles. The van der Waals surface area contributed by atoms with Gasteiger partial charge in [-0.15, -0.1) is 10.2 Å². The molecule has 1 unspecified atom stereocenters. The number of aromatic nitrogens is 4. The summed E-state index contributed by atoms with van der Waals surface area (Å²) in [5, 5.41) is 16.0. The van der Waals surface area contributed by atoms with E-state index >= 15 is 0 Å². The zero-order valence-electron chi connectivity index (χ0n) is 15.3. The van der Waals surface area contributed by atoms with E-state index in [1.807, 2.05) is 44.2 Å². The van der Waals surface area contributed by atoms with Crippen molar-refractivity contribution in [2.45, 2.75) is 26.3 Å². The zero-order valence-corrected chi connectivity index (χ0v) is 16.1. The van der Waals surface area contributed by atoms with Crippen LogP contribution in [-0.2, 0) is 4.79 Å². The summed E-state index contributed by atoms with van der Waals surface area (Å²) in [5.41, 5.74) is 2.41. The Hall–Kier alpha value is -2.93. The molecule has 1 N–H and O–H groups in total. The average Bonchev–Trinajstić information content (AvgIpc) is 3.13. The Morgan fingerprint density at radius 2 is 2.00 bits per heavy atom. The molecule has 3 rings (SSSR count). The maximum Gasteiger partial charge on any atom is 0.251 e. The van der Waals surface area contributed by atoms with Crippen LogP contribution >= 0.6 is 11.6 Å². The van der Waals surface area contributed by atoms with Gasteiger partial charge in [-0.1, -0.05) is 24.6 Å². The highest BCUT2D eigenvalue weighted by molar-refractivity contribution is 6.30. The van der Waals surface area contributed by atoms with Crippen molar-refractivity contribution in [2.24, 2.45) is 0 Å². The third kappa shape index (κ3) is 4.25. The summed E-state index contributed by atoms with van der Waals surface area (Å²) in [6.07, 6.45) is 0.510. The van der Waals surface area contributed by atoms with Crippen molar-refractivity contribution in [3.63, 3.8) is 0 Å². The Balaban J connectivity index is 1.82. The first-order valence-corrected chi connectivity index (χ1v) is 8.90. The predicted molar refractivity (Wildman–Crippen MR) is 104 cm³/mol. The Labute approximate surface area is 162 Å². The smallest absolute Gasteiger partial charge is 0.251 e. The molecule has 0 bridgehead atoms. The van der Waals surface area contributed by atoms with E-state index in [1.54, 1.807) is 19.2 Å². The normalized spacial score (nSPS) is 11.9. The molecule has 1 amide bonds. The van der Waals surface area contributed by atoms with E-state index in [4.69, 9.17) is 16.3 Å². The minimum Gasteiger partial charge on any atom is -0.495 e. The van der Waals surface area contributed by atoms with Crippen LogP contribution in [0.3, 0.4) is 0 Å². The van der Waals surface area contributed by atoms with E-state index in [0.29, 0.717) is 28.7 Å². The van der Waals surface area contributed by atoms with Crippen LogP contribution in [0.1, 0.15) is 24.9 Å². The summed E-state index contributed by atoms with van der Waals surface area (Å²) >= 11 is 5.91. The summed E-state index contributed by atoms with van der Waals surface area (Å²) in [6.45, 7) is 3.84. The van der Waals surface area contributed by atoms with Crippen molar-refractivity contribution in [1.29, 1.82) is 0 Å². The lowest BCUT2D eigenvalue weighted by Crippen LogP contribution is -2.27. The largest absolute Gasteiger partial charge is 0.495 e. The van der Waals surface area contributed by atoms with E-state index in [9.17, 15) is 4.79 Å². The number of benzene rings is 2. The molecule has 0 saturated carbocycles. The molecule has 0 spiro atoms. The van der Waals surface area contributed by atoms with Crippen molar-refractivity contribution in [1.82, 2.24) is 20.2 Å². The lowest BCUT2D eigenvalue weighted by molar-refractivity contribution is -0.120. The van der Waals surface area contributed by atoms with Gasteiger partial charge in [-0.2, -0.15) is 4.80 Å². The number of aryl methyl sites for hydroxylation is 1. The lowest BCUT2D eigenvalue weighted by atomic mass is 10.1. The number of carbonyl (C=O) groups excluding carboxylic acids is 1. The van der Waals surface area contributed by atoms with E-state index in [-0.39, 0.29) is 5.91 Å². The molecule has 1 heterocycles. The fraction of sp³-hybridized carbons (Fsp3) is 0.263. The van der Waals surface area contributed by atoms with Crippen LogP contribution in [-0.4, -0.2) is 33.2 Å². The minimum absolute atomic E-state index is 0.235. The molecule has 7 nitrogen and oxygen atoms in total. The number of nitrogens with zero attached hydrogens (tertiary/aromatic N) is 4. The van der Waals surface area contributed by atoms with E-state index in [2.05, 4.69) is 20.7 Å². The Morgan fingerprint density at radius 1 is 1.26 bits per heavy atom. The third-order valence-electron chi connectivity index (χ3n) is 4.11. The van der Waals surface area contributed by atoms with Crippen LogP contribution in [0.2, 0.25) is 5.02 Å². The molecule has 0 saturated heterocycles. The molecule has 0 radical (unpaired) electrons. The number of carbonyl (C=O) groups is 1.